The van der Waals surface area contributed by atoms with Gasteiger partial charge in [0.15, 0.2) is 0 Å². The predicted molar refractivity (Wildman–Crippen MR) is 103 cm³/mol. The summed E-state index contributed by atoms with van der Waals surface area (Å²) in [4.78, 5) is 12.2. The quantitative estimate of drug-likeness (QED) is 0.389. The van der Waals surface area contributed by atoms with Gasteiger partial charge in [-0.2, -0.15) is 18.4 Å². The van der Waals surface area contributed by atoms with Crippen LogP contribution in [0.25, 0.3) is 0 Å². The Labute approximate surface area is 170 Å². The van der Waals surface area contributed by atoms with Crippen molar-refractivity contribution in [2.75, 3.05) is 19.0 Å². The number of anilines is 1. The summed E-state index contributed by atoms with van der Waals surface area (Å²) in [5.41, 5.74) is -0.478. The van der Waals surface area contributed by atoms with E-state index in [1.165, 1.54) is 12.3 Å². The van der Waals surface area contributed by atoms with E-state index in [4.69, 9.17) is 21.6 Å². The van der Waals surface area contributed by atoms with E-state index >= 15 is 0 Å². The number of methoxy groups -OCH3 is 1. The molecule has 0 heterocycles. The van der Waals surface area contributed by atoms with E-state index in [9.17, 15) is 18.0 Å². The van der Waals surface area contributed by atoms with Crippen LogP contribution in [0.2, 0.25) is 5.02 Å². The van der Waals surface area contributed by atoms with Gasteiger partial charge in [-0.15, -0.1) is 0 Å². The van der Waals surface area contributed by atoms with Gasteiger partial charge in [0, 0.05) is 18.4 Å². The van der Waals surface area contributed by atoms with Gasteiger partial charge < -0.3 is 15.4 Å². The van der Waals surface area contributed by atoms with E-state index in [0.29, 0.717) is 19.0 Å². The molecule has 0 radical (unpaired) electrons. The van der Waals surface area contributed by atoms with Crippen molar-refractivity contribution in [3.8, 4) is 11.8 Å². The van der Waals surface area contributed by atoms with Crippen LogP contribution < -0.4 is 15.4 Å². The SMILES string of the molecule is COc1cccc(CCN/C=C(/C#N)C(=O)Nc2ccc(Cl)c(C(F)(F)F)c2)c1. The fourth-order valence-electron chi connectivity index (χ4n) is 2.39. The van der Waals surface area contributed by atoms with Gasteiger partial charge in [0.25, 0.3) is 5.91 Å². The van der Waals surface area contributed by atoms with Crippen LogP contribution in [-0.2, 0) is 17.4 Å². The maximum Gasteiger partial charge on any atom is 0.417 e. The third-order valence-corrected chi connectivity index (χ3v) is 4.16. The number of amides is 1. The molecular weight excluding hydrogens is 407 g/mol. The van der Waals surface area contributed by atoms with Gasteiger partial charge in [0.2, 0.25) is 0 Å². The molecule has 2 N–H and O–H groups in total. The lowest BCUT2D eigenvalue weighted by atomic mass is 10.1. The number of halogens is 4. The van der Waals surface area contributed by atoms with Gasteiger partial charge in [0.1, 0.15) is 17.4 Å². The predicted octanol–water partition coefficient (Wildman–Crippen LogP) is 4.55. The number of nitrogens with one attached hydrogen (secondary N) is 2. The number of nitriles is 1. The average molecular weight is 424 g/mol. The first-order valence-corrected chi connectivity index (χ1v) is 8.77. The molecule has 0 aromatic heterocycles. The van der Waals surface area contributed by atoms with E-state index in [0.717, 1.165) is 17.4 Å². The lowest BCUT2D eigenvalue weighted by Crippen LogP contribution is -2.18. The minimum absolute atomic E-state index is 0.121. The third kappa shape index (κ3) is 6.43. The molecule has 2 aromatic carbocycles. The van der Waals surface area contributed by atoms with E-state index < -0.39 is 22.7 Å². The van der Waals surface area contributed by atoms with Crippen molar-refractivity contribution in [1.29, 1.82) is 5.26 Å². The summed E-state index contributed by atoms with van der Waals surface area (Å²) in [5, 5.41) is 13.8. The molecule has 0 spiro atoms. The first-order valence-electron chi connectivity index (χ1n) is 8.39. The van der Waals surface area contributed by atoms with Crippen LogP contribution in [0.5, 0.6) is 5.75 Å². The zero-order chi connectivity index (χ0) is 21.4. The van der Waals surface area contributed by atoms with Gasteiger partial charge in [-0.3, -0.25) is 4.79 Å². The zero-order valence-corrected chi connectivity index (χ0v) is 16.1. The minimum Gasteiger partial charge on any atom is -0.497 e. The number of benzene rings is 2. The average Bonchev–Trinajstić information content (AvgIpc) is 2.68. The Hall–Kier alpha value is -3.18. The van der Waals surface area contributed by atoms with Crippen molar-refractivity contribution in [1.82, 2.24) is 5.32 Å². The van der Waals surface area contributed by atoms with Crippen LogP contribution in [0.4, 0.5) is 18.9 Å². The summed E-state index contributed by atoms with van der Waals surface area (Å²) in [6.45, 7) is 0.435. The summed E-state index contributed by atoms with van der Waals surface area (Å²) < 4.78 is 43.9. The molecule has 0 aliphatic rings. The Bertz CT molecular complexity index is 953. The van der Waals surface area contributed by atoms with Crippen LogP contribution in [0, 0.1) is 11.3 Å². The van der Waals surface area contributed by atoms with Gasteiger partial charge in [0.05, 0.1) is 17.7 Å². The summed E-state index contributed by atoms with van der Waals surface area (Å²) >= 11 is 5.55. The Balaban J connectivity index is 1.98. The molecule has 0 aliphatic heterocycles. The van der Waals surface area contributed by atoms with Crippen LogP contribution in [0.1, 0.15) is 11.1 Å². The second kappa shape index (κ2) is 9.85. The van der Waals surface area contributed by atoms with Crippen molar-refractivity contribution >= 4 is 23.2 Å². The van der Waals surface area contributed by atoms with E-state index in [1.54, 1.807) is 13.2 Å². The molecule has 2 rings (SSSR count). The van der Waals surface area contributed by atoms with E-state index in [-0.39, 0.29) is 11.3 Å². The summed E-state index contributed by atoms with van der Waals surface area (Å²) in [6, 6.07) is 12.1. The molecule has 1 amide bonds. The first kappa shape index (κ1) is 22.1. The molecule has 0 saturated carbocycles. The van der Waals surface area contributed by atoms with Crippen LogP contribution in [0.15, 0.2) is 54.2 Å². The van der Waals surface area contributed by atoms with Gasteiger partial charge in [-0.25, -0.2) is 0 Å². The number of rotatable bonds is 7. The maximum absolute atomic E-state index is 12.9. The van der Waals surface area contributed by atoms with Gasteiger partial charge in [-0.05, 0) is 42.3 Å². The number of ether oxygens (including phenoxy) is 1. The second-order valence-corrected chi connectivity index (χ2v) is 6.28. The highest BCUT2D eigenvalue weighted by Crippen LogP contribution is 2.36. The molecule has 5 nitrogen and oxygen atoms in total. The maximum atomic E-state index is 12.9. The van der Waals surface area contributed by atoms with E-state index in [2.05, 4.69) is 10.6 Å². The molecule has 0 saturated heterocycles. The molecule has 9 heteroatoms. The van der Waals surface area contributed by atoms with Crippen molar-refractivity contribution in [3.05, 3.63) is 70.4 Å². The molecule has 0 unspecified atom stereocenters. The van der Waals surface area contributed by atoms with Crippen molar-refractivity contribution in [2.24, 2.45) is 0 Å². The largest absolute Gasteiger partial charge is 0.497 e. The summed E-state index contributed by atoms with van der Waals surface area (Å²) in [5.74, 6) is -0.117. The van der Waals surface area contributed by atoms with Crippen LogP contribution >= 0.6 is 11.6 Å². The van der Waals surface area contributed by atoms with Crippen molar-refractivity contribution in [3.63, 3.8) is 0 Å². The Kier molecular flexibility index (Phi) is 7.51. The Morgan fingerprint density at radius 3 is 2.69 bits per heavy atom. The highest BCUT2D eigenvalue weighted by Gasteiger charge is 2.33. The molecule has 152 valence electrons. The lowest BCUT2D eigenvalue weighted by Gasteiger charge is -2.11. The molecule has 0 fully saturated rings. The molecule has 2 aromatic rings. The zero-order valence-electron chi connectivity index (χ0n) is 15.3. The molecule has 0 aliphatic carbocycles. The standard InChI is InChI=1S/C20H17ClF3N3O2/c1-29-16-4-2-3-13(9-16)7-8-26-12-14(11-25)19(28)27-15-5-6-18(21)17(10-15)20(22,23)24/h2-6,9-10,12,26H,7-8H2,1H3,(H,27,28)/b14-12-. The topological polar surface area (TPSA) is 74.1 Å². The Morgan fingerprint density at radius 1 is 1.28 bits per heavy atom. The number of carbonyl (C=O) groups is 1. The lowest BCUT2D eigenvalue weighted by molar-refractivity contribution is -0.137. The third-order valence-electron chi connectivity index (χ3n) is 3.83. The molecular formula is C20H17ClF3N3O2. The first-order chi connectivity index (χ1) is 13.7. The second-order valence-electron chi connectivity index (χ2n) is 5.87. The number of nitrogens with zero attached hydrogens (tertiary/aromatic N) is 1. The highest BCUT2D eigenvalue weighted by molar-refractivity contribution is 6.31. The van der Waals surface area contributed by atoms with E-state index in [1.807, 2.05) is 24.3 Å². The fraction of sp³-hybridized carbons (Fsp3) is 0.200. The van der Waals surface area contributed by atoms with Crippen LogP contribution in [0.3, 0.4) is 0 Å². The smallest absolute Gasteiger partial charge is 0.417 e. The van der Waals surface area contributed by atoms with Crippen LogP contribution in [-0.4, -0.2) is 19.6 Å². The monoisotopic (exact) mass is 423 g/mol. The minimum atomic E-state index is -4.66. The van der Waals surface area contributed by atoms with Crippen molar-refractivity contribution in [2.45, 2.75) is 12.6 Å². The molecule has 0 bridgehead atoms. The molecule has 0 atom stereocenters. The molecule has 29 heavy (non-hydrogen) atoms. The number of carbonyl (C=O) groups excluding carboxylic acids is 1. The van der Waals surface area contributed by atoms with Gasteiger partial charge >= 0.3 is 6.18 Å². The summed E-state index contributed by atoms with van der Waals surface area (Å²) in [6.07, 6.45) is -2.83. The summed E-state index contributed by atoms with van der Waals surface area (Å²) in [7, 11) is 1.57. The highest BCUT2D eigenvalue weighted by atomic mass is 35.5. The number of alkyl halides is 3. The Morgan fingerprint density at radius 2 is 2.03 bits per heavy atom. The number of hydrogen-bond donors (Lipinski definition) is 2. The normalized spacial score (nSPS) is 11.5. The number of hydrogen-bond acceptors (Lipinski definition) is 4. The van der Waals surface area contributed by atoms with Crippen molar-refractivity contribution < 1.29 is 22.7 Å². The fourth-order valence-corrected chi connectivity index (χ4v) is 2.61. The van der Waals surface area contributed by atoms with Gasteiger partial charge in [-0.1, -0.05) is 23.7 Å².